The second-order valence-electron chi connectivity index (χ2n) is 3.22. The minimum absolute atomic E-state index is 0.0856. The highest BCUT2D eigenvalue weighted by molar-refractivity contribution is 7.85. The molecule has 0 unspecified atom stereocenters. The van der Waals surface area contributed by atoms with Crippen molar-refractivity contribution in [1.29, 1.82) is 0 Å². The molecule has 13 heavy (non-hydrogen) atoms. The average Bonchev–Trinajstić information content (AvgIpc) is 2.48. The van der Waals surface area contributed by atoms with Crippen molar-refractivity contribution in [3.05, 3.63) is 29.3 Å². The van der Waals surface area contributed by atoms with Gasteiger partial charge in [0.25, 0.3) is 10.1 Å². The molecular weight excluding hydrogens is 188 g/mol. The van der Waals surface area contributed by atoms with Gasteiger partial charge in [0.05, 0.1) is 4.90 Å². The summed E-state index contributed by atoms with van der Waals surface area (Å²) in [4.78, 5) is 0.0856. The van der Waals surface area contributed by atoms with Crippen molar-refractivity contribution >= 4 is 10.1 Å². The van der Waals surface area contributed by atoms with Crippen LogP contribution in [0.4, 0.5) is 0 Å². The van der Waals surface area contributed by atoms with Gasteiger partial charge < -0.3 is 0 Å². The topological polar surface area (TPSA) is 54.4 Å². The molecule has 0 aliphatic heterocycles. The van der Waals surface area contributed by atoms with Crippen LogP contribution >= 0.6 is 0 Å². The third-order valence-corrected chi connectivity index (χ3v) is 3.32. The molecule has 1 N–H and O–H groups in total. The summed E-state index contributed by atoms with van der Waals surface area (Å²) < 4.78 is 30.8. The first-order valence-electron chi connectivity index (χ1n) is 4.17. The van der Waals surface area contributed by atoms with Crippen LogP contribution in [-0.2, 0) is 23.0 Å². The molecule has 3 nitrogen and oxygen atoms in total. The first kappa shape index (κ1) is 8.72. The summed E-state index contributed by atoms with van der Waals surface area (Å²) in [6.45, 7) is 0. The van der Waals surface area contributed by atoms with Crippen LogP contribution < -0.4 is 0 Å². The Morgan fingerprint density at radius 3 is 2.69 bits per heavy atom. The van der Waals surface area contributed by atoms with E-state index in [0.717, 1.165) is 30.4 Å². The predicted molar refractivity (Wildman–Crippen MR) is 48.3 cm³/mol. The molecule has 0 radical (unpaired) electrons. The summed E-state index contributed by atoms with van der Waals surface area (Å²) in [5.41, 5.74) is 1.85. The number of hydrogen-bond acceptors (Lipinski definition) is 2. The molecule has 2 rings (SSSR count). The van der Waals surface area contributed by atoms with Crippen LogP contribution in [0, 0.1) is 0 Å². The average molecular weight is 198 g/mol. The van der Waals surface area contributed by atoms with E-state index in [1.165, 1.54) is 6.07 Å². The fourth-order valence-corrected chi connectivity index (χ4v) is 2.62. The molecule has 4 heteroatoms. The molecule has 0 bridgehead atoms. The molecule has 0 aromatic heterocycles. The fraction of sp³-hybridized carbons (Fsp3) is 0.333. The van der Waals surface area contributed by atoms with Gasteiger partial charge in [0.2, 0.25) is 0 Å². The van der Waals surface area contributed by atoms with Crippen LogP contribution in [0.5, 0.6) is 0 Å². The molecular formula is C9H10O3S. The Labute approximate surface area is 77.1 Å². The minimum Gasteiger partial charge on any atom is -0.282 e. The van der Waals surface area contributed by atoms with Crippen molar-refractivity contribution in [1.82, 2.24) is 0 Å². The second-order valence-corrected chi connectivity index (χ2v) is 4.61. The highest BCUT2D eigenvalue weighted by Crippen LogP contribution is 2.27. The van der Waals surface area contributed by atoms with E-state index in [4.69, 9.17) is 4.55 Å². The van der Waals surface area contributed by atoms with Crippen molar-refractivity contribution in [3.8, 4) is 0 Å². The smallest absolute Gasteiger partial charge is 0.282 e. The minimum atomic E-state index is -4.03. The highest BCUT2D eigenvalue weighted by Gasteiger charge is 2.20. The Kier molecular flexibility index (Phi) is 1.89. The Balaban J connectivity index is 2.67. The molecule has 0 spiro atoms. The molecule has 70 valence electrons. The molecule has 1 aliphatic rings. The molecule has 1 aromatic rings. The van der Waals surface area contributed by atoms with Gasteiger partial charge >= 0.3 is 0 Å². The Morgan fingerprint density at radius 1 is 1.23 bits per heavy atom. The van der Waals surface area contributed by atoms with Crippen LogP contribution in [0.2, 0.25) is 0 Å². The first-order chi connectivity index (χ1) is 6.09. The largest absolute Gasteiger partial charge is 0.294 e. The normalized spacial score (nSPS) is 15.8. The lowest BCUT2D eigenvalue weighted by Gasteiger charge is -2.03. The van der Waals surface area contributed by atoms with E-state index in [2.05, 4.69) is 0 Å². The lowest BCUT2D eigenvalue weighted by Crippen LogP contribution is -2.02. The maximum absolute atomic E-state index is 10.9. The van der Waals surface area contributed by atoms with Crippen molar-refractivity contribution in [2.45, 2.75) is 24.2 Å². The summed E-state index contributed by atoms with van der Waals surface area (Å²) in [6, 6.07) is 5.05. The molecule has 0 amide bonds. The zero-order valence-corrected chi connectivity index (χ0v) is 7.84. The summed E-state index contributed by atoms with van der Waals surface area (Å²) >= 11 is 0. The number of hydrogen-bond donors (Lipinski definition) is 1. The Hall–Kier alpha value is -0.870. The maximum atomic E-state index is 10.9. The Morgan fingerprint density at radius 2 is 2.00 bits per heavy atom. The monoisotopic (exact) mass is 198 g/mol. The lowest BCUT2D eigenvalue weighted by atomic mass is 10.1. The van der Waals surface area contributed by atoms with E-state index >= 15 is 0 Å². The lowest BCUT2D eigenvalue weighted by molar-refractivity contribution is 0.482. The van der Waals surface area contributed by atoms with Crippen molar-refractivity contribution < 1.29 is 13.0 Å². The van der Waals surface area contributed by atoms with Gasteiger partial charge in [0.15, 0.2) is 0 Å². The summed E-state index contributed by atoms with van der Waals surface area (Å²) in [6.07, 6.45) is 2.64. The van der Waals surface area contributed by atoms with E-state index in [1.807, 2.05) is 6.07 Å². The number of fused-ring (bicyclic) bond motifs is 1. The molecule has 0 fully saturated rings. The van der Waals surface area contributed by atoms with E-state index in [0.29, 0.717) is 0 Å². The quantitative estimate of drug-likeness (QED) is 0.694. The number of benzene rings is 1. The van der Waals surface area contributed by atoms with Crippen LogP contribution in [0.15, 0.2) is 23.1 Å². The summed E-state index contributed by atoms with van der Waals surface area (Å²) in [5, 5.41) is 0. The molecule has 0 heterocycles. The van der Waals surface area contributed by atoms with Gasteiger partial charge in [-0.05, 0) is 36.5 Å². The fourth-order valence-electron chi connectivity index (χ4n) is 1.83. The Bertz CT molecular complexity index is 434. The summed E-state index contributed by atoms with van der Waals surface area (Å²) in [5.74, 6) is 0. The zero-order chi connectivity index (χ0) is 9.47. The standard InChI is InChI=1S/C9H10O3S/c10-13(11,12)9-6-2-4-7-3-1-5-8(7)9/h2,4,6H,1,3,5H2,(H,10,11,12). The van der Waals surface area contributed by atoms with Crippen LogP contribution in [-0.4, -0.2) is 13.0 Å². The molecule has 0 saturated heterocycles. The molecule has 0 atom stereocenters. The van der Waals surface area contributed by atoms with Crippen molar-refractivity contribution in [3.63, 3.8) is 0 Å². The predicted octanol–water partition coefficient (Wildman–Crippen LogP) is 1.42. The highest BCUT2D eigenvalue weighted by atomic mass is 32.2. The SMILES string of the molecule is O=S(=O)(O)c1cccc2c1CCC2. The maximum Gasteiger partial charge on any atom is 0.294 e. The van der Waals surface area contributed by atoms with Gasteiger partial charge in [0, 0.05) is 0 Å². The summed E-state index contributed by atoms with van der Waals surface area (Å²) in [7, 11) is -4.03. The molecule has 1 aliphatic carbocycles. The van der Waals surface area contributed by atoms with E-state index in [1.54, 1.807) is 6.07 Å². The van der Waals surface area contributed by atoms with Gasteiger partial charge in [0.1, 0.15) is 0 Å². The van der Waals surface area contributed by atoms with Gasteiger partial charge in [-0.1, -0.05) is 12.1 Å². The zero-order valence-electron chi connectivity index (χ0n) is 7.03. The van der Waals surface area contributed by atoms with Gasteiger partial charge in [-0.3, -0.25) is 4.55 Å². The van der Waals surface area contributed by atoms with Crippen molar-refractivity contribution in [2.24, 2.45) is 0 Å². The molecule has 0 saturated carbocycles. The third kappa shape index (κ3) is 1.47. The van der Waals surface area contributed by atoms with Crippen molar-refractivity contribution in [2.75, 3.05) is 0 Å². The van der Waals surface area contributed by atoms with E-state index < -0.39 is 10.1 Å². The van der Waals surface area contributed by atoms with Crippen LogP contribution in [0.1, 0.15) is 17.5 Å². The van der Waals surface area contributed by atoms with Gasteiger partial charge in [-0.25, -0.2) is 0 Å². The third-order valence-electron chi connectivity index (χ3n) is 2.38. The number of rotatable bonds is 1. The van der Waals surface area contributed by atoms with Crippen LogP contribution in [0.25, 0.3) is 0 Å². The van der Waals surface area contributed by atoms with Gasteiger partial charge in [-0.2, -0.15) is 8.42 Å². The second kappa shape index (κ2) is 2.82. The molecule has 1 aromatic carbocycles. The van der Waals surface area contributed by atoms with E-state index in [9.17, 15) is 8.42 Å². The van der Waals surface area contributed by atoms with E-state index in [-0.39, 0.29) is 4.90 Å². The van der Waals surface area contributed by atoms with Crippen LogP contribution in [0.3, 0.4) is 0 Å². The number of aryl methyl sites for hydroxylation is 1. The first-order valence-corrected chi connectivity index (χ1v) is 5.61. The van der Waals surface area contributed by atoms with Gasteiger partial charge in [-0.15, -0.1) is 0 Å².